The van der Waals surface area contributed by atoms with Crippen molar-refractivity contribution in [3.63, 3.8) is 0 Å². The SMILES string of the molecule is [B-].[CH2-]C.[Mg+2]. The van der Waals surface area contributed by atoms with Gasteiger partial charge in [-0.3, -0.25) is 0 Å². The van der Waals surface area contributed by atoms with Gasteiger partial charge in [-0.1, -0.05) is 0 Å². The van der Waals surface area contributed by atoms with E-state index in [2.05, 4.69) is 6.92 Å². The molecule has 0 unspecified atom stereocenters. The van der Waals surface area contributed by atoms with Crippen LogP contribution < -0.4 is 0 Å². The Bertz CT molecular complexity index is 6.00. The Morgan fingerprint density at radius 1 is 1.25 bits per heavy atom. The number of hydrogen-bond acceptors (Lipinski definition) is 0. The molecule has 0 saturated heterocycles. The maximum absolute atomic E-state index is 3.25. The predicted molar refractivity (Wildman–Crippen MR) is 22.5 cm³/mol. The van der Waals surface area contributed by atoms with Crippen molar-refractivity contribution in [3.8, 4) is 0 Å². The summed E-state index contributed by atoms with van der Waals surface area (Å²) < 4.78 is 0. The molecular weight excluding hydrogens is 59.1 g/mol. The fourth-order valence-electron chi connectivity index (χ4n) is 0. The monoisotopic (exact) mass is 64.0 g/mol. The Labute approximate surface area is 45.7 Å². The van der Waals surface area contributed by atoms with Crippen molar-refractivity contribution in [2.75, 3.05) is 0 Å². The standard InChI is InChI=1S/C2H5.B.Mg/c1-2;;/h1H2,2H3;;/q2*-1;+2. The van der Waals surface area contributed by atoms with Crippen molar-refractivity contribution < 1.29 is 0 Å². The molecule has 2 heteroatoms. The van der Waals surface area contributed by atoms with Crippen molar-refractivity contribution in [1.82, 2.24) is 0 Å². The minimum absolute atomic E-state index is 0. The molecule has 0 aliphatic heterocycles. The smallest absolute Gasteiger partial charge is 1.00 e. The second kappa shape index (κ2) is 44.5. The van der Waals surface area contributed by atoms with Crippen LogP contribution in [0.25, 0.3) is 0 Å². The molecule has 4 radical (unpaired) electrons. The van der Waals surface area contributed by atoms with Crippen molar-refractivity contribution >= 4 is 31.5 Å². The van der Waals surface area contributed by atoms with Crippen LogP contribution in [0.2, 0.25) is 0 Å². The van der Waals surface area contributed by atoms with Crippen molar-refractivity contribution in [3.05, 3.63) is 6.92 Å². The largest absolute Gasteiger partial charge is 2.00 e. The summed E-state index contributed by atoms with van der Waals surface area (Å²) in [6.07, 6.45) is 0. The molecule has 0 aromatic carbocycles. The fourth-order valence-corrected chi connectivity index (χ4v) is 0. The van der Waals surface area contributed by atoms with Gasteiger partial charge in [0, 0.05) is 0 Å². The molecule has 0 rings (SSSR count). The second-order valence-corrected chi connectivity index (χ2v) is 0. The maximum Gasteiger partial charge on any atom is 2.00 e. The minimum atomic E-state index is 0. The third-order valence-corrected chi connectivity index (χ3v) is 0. The van der Waals surface area contributed by atoms with Crippen LogP contribution in [-0.2, 0) is 0 Å². The zero-order valence-corrected chi connectivity index (χ0v) is 4.41. The van der Waals surface area contributed by atoms with Crippen LogP contribution in [-0.4, -0.2) is 31.5 Å². The quantitative estimate of drug-likeness (QED) is 0.276. The summed E-state index contributed by atoms with van der Waals surface area (Å²) in [5.74, 6) is 0. The Morgan fingerprint density at radius 3 is 1.25 bits per heavy atom. The van der Waals surface area contributed by atoms with Gasteiger partial charge in [-0.2, -0.15) is 6.92 Å². The van der Waals surface area contributed by atoms with E-state index in [1.807, 2.05) is 0 Å². The van der Waals surface area contributed by atoms with Gasteiger partial charge in [-0.25, -0.2) is 0 Å². The summed E-state index contributed by atoms with van der Waals surface area (Å²) in [4.78, 5) is 0. The molecule has 0 aromatic heterocycles. The molecule has 0 saturated carbocycles. The third kappa shape index (κ3) is 13.7. The normalized spacial score (nSPS) is 1.50. The summed E-state index contributed by atoms with van der Waals surface area (Å²) in [5.41, 5.74) is 0. The summed E-state index contributed by atoms with van der Waals surface area (Å²) in [6, 6.07) is 0. The predicted octanol–water partition coefficient (Wildman–Crippen LogP) is 0.0788. The van der Waals surface area contributed by atoms with Crippen molar-refractivity contribution in [2.24, 2.45) is 0 Å². The number of hydrogen-bond donors (Lipinski definition) is 0. The van der Waals surface area contributed by atoms with Crippen LogP contribution in [0.15, 0.2) is 0 Å². The Kier molecular flexibility index (Phi) is 235. The fraction of sp³-hybridized carbons (Fsp3) is 0.500. The molecule has 4 heavy (non-hydrogen) atoms. The molecule has 0 heterocycles. The van der Waals surface area contributed by atoms with Crippen LogP contribution in [0.3, 0.4) is 0 Å². The molecule has 0 aliphatic carbocycles. The van der Waals surface area contributed by atoms with Gasteiger partial charge >= 0.3 is 23.1 Å². The van der Waals surface area contributed by atoms with Crippen molar-refractivity contribution in [2.45, 2.75) is 6.92 Å². The molecule has 0 N–H and O–H groups in total. The van der Waals surface area contributed by atoms with Crippen LogP contribution >= 0.6 is 0 Å². The number of rotatable bonds is 0. The Hall–Kier alpha value is 0.831. The zero-order chi connectivity index (χ0) is 2.00. The van der Waals surface area contributed by atoms with Gasteiger partial charge in [0.25, 0.3) is 0 Å². The minimum Gasteiger partial charge on any atom is -1.00 e. The zero-order valence-electron chi connectivity index (χ0n) is 2.99. The van der Waals surface area contributed by atoms with Gasteiger partial charge in [-0.05, 0) is 0 Å². The third-order valence-electron chi connectivity index (χ3n) is 0. The van der Waals surface area contributed by atoms with Gasteiger partial charge in [0.05, 0.1) is 0 Å². The molecule has 0 aliphatic rings. The van der Waals surface area contributed by atoms with E-state index in [0.717, 1.165) is 0 Å². The summed E-state index contributed by atoms with van der Waals surface area (Å²) >= 11 is 0. The van der Waals surface area contributed by atoms with Crippen LogP contribution in [0.1, 0.15) is 6.92 Å². The van der Waals surface area contributed by atoms with E-state index in [4.69, 9.17) is 0 Å². The molecule has 0 nitrogen and oxygen atoms in total. The summed E-state index contributed by atoms with van der Waals surface area (Å²) in [6.45, 7) is 5.00. The molecule has 0 bridgehead atoms. The first-order valence-corrected chi connectivity index (χ1v) is 0.707. The van der Waals surface area contributed by atoms with Gasteiger partial charge in [-0.15, -0.1) is 0 Å². The first-order chi connectivity index (χ1) is 1.00. The first kappa shape index (κ1) is 21.1. The molecule has 0 aromatic rings. The van der Waals surface area contributed by atoms with E-state index >= 15 is 0 Å². The van der Waals surface area contributed by atoms with E-state index in [1.165, 1.54) is 0 Å². The van der Waals surface area contributed by atoms with E-state index < -0.39 is 0 Å². The molecule has 0 atom stereocenters. The average molecular weight is 64.2 g/mol. The average Bonchev–Trinajstić information content (AvgIpc) is 1.00. The van der Waals surface area contributed by atoms with Gasteiger partial charge < -0.3 is 15.3 Å². The van der Waals surface area contributed by atoms with E-state index in [1.54, 1.807) is 6.92 Å². The van der Waals surface area contributed by atoms with E-state index in [9.17, 15) is 0 Å². The van der Waals surface area contributed by atoms with E-state index in [0.29, 0.717) is 0 Å². The maximum atomic E-state index is 3.25. The first-order valence-electron chi connectivity index (χ1n) is 0.707. The van der Waals surface area contributed by atoms with Gasteiger partial charge in [0.15, 0.2) is 0 Å². The van der Waals surface area contributed by atoms with Crippen molar-refractivity contribution in [1.29, 1.82) is 0 Å². The summed E-state index contributed by atoms with van der Waals surface area (Å²) in [7, 11) is 0. The molecule has 18 valence electrons. The summed E-state index contributed by atoms with van der Waals surface area (Å²) in [5, 5.41) is 0. The van der Waals surface area contributed by atoms with Gasteiger partial charge in [0.1, 0.15) is 0 Å². The van der Waals surface area contributed by atoms with Crippen LogP contribution in [0.4, 0.5) is 0 Å². The second-order valence-electron chi connectivity index (χ2n) is 0. The molecule has 0 spiro atoms. The molecule has 0 fully saturated rings. The van der Waals surface area contributed by atoms with Gasteiger partial charge in [0.2, 0.25) is 0 Å². The Morgan fingerprint density at radius 2 is 1.25 bits per heavy atom. The molecular formula is C2H5BMg. The van der Waals surface area contributed by atoms with Crippen LogP contribution in [0, 0.1) is 6.92 Å². The Balaban J connectivity index is -0.00000000500. The van der Waals surface area contributed by atoms with E-state index in [-0.39, 0.29) is 31.5 Å². The molecule has 0 amide bonds. The topological polar surface area (TPSA) is 0 Å². The van der Waals surface area contributed by atoms with Crippen LogP contribution in [0.5, 0.6) is 0 Å².